The Labute approximate surface area is 169 Å². The second-order valence-electron chi connectivity index (χ2n) is 7.45. The molecule has 1 unspecified atom stereocenters. The van der Waals surface area contributed by atoms with Gasteiger partial charge in [-0.2, -0.15) is 0 Å². The van der Waals surface area contributed by atoms with Crippen molar-refractivity contribution in [3.63, 3.8) is 0 Å². The number of benzene rings is 2. The number of hydrogen-bond donors (Lipinski definition) is 3. The number of carboxylic acids is 1. The molecule has 28 heavy (non-hydrogen) atoms. The summed E-state index contributed by atoms with van der Waals surface area (Å²) in [6, 6.07) is 13.8. The molecule has 0 aliphatic rings. The van der Waals surface area contributed by atoms with Crippen molar-refractivity contribution in [3.8, 4) is 11.1 Å². The zero-order valence-electron chi connectivity index (χ0n) is 16.0. The van der Waals surface area contributed by atoms with Crippen molar-refractivity contribution >= 4 is 23.7 Å². The molecule has 0 heterocycles. The fourth-order valence-electron chi connectivity index (χ4n) is 2.63. The lowest BCUT2D eigenvalue weighted by Gasteiger charge is -2.25. The summed E-state index contributed by atoms with van der Waals surface area (Å²) in [5.41, 5.74) is 1.92. The van der Waals surface area contributed by atoms with Crippen LogP contribution in [0.3, 0.4) is 0 Å². The Hall–Kier alpha value is -2.57. The first kappa shape index (κ1) is 21.7. The number of nitrogens with one attached hydrogen (secondary N) is 1. The van der Waals surface area contributed by atoms with E-state index in [1.165, 1.54) is 0 Å². The van der Waals surface area contributed by atoms with Crippen LogP contribution in [0.5, 0.6) is 0 Å². The summed E-state index contributed by atoms with van der Waals surface area (Å²) in [5.74, 6) is -1.42. The highest BCUT2D eigenvalue weighted by molar-refractivity contribution is 6.30. The topological polar surface area (TPSA) is 95.9 Å². The van der Waals surface area contributed by atoms with Gasteiger partial charge in [-0.1, -0.05) is 48.0 Å². The van der Waals surface area contributed by atoms with Crippen molar-refractivity contribution in [1.82, 2.24) is 5.32 Å². The van der Waals surface area contributed by atoms with Crippen LogP contribution in [0.2, 0.25) is 5.02 Å². The van der Waals surface area contributed by atoms with Gasteiger partial charge in [-0.15, -0.1) is 0 Å². The van der Waals surface area contributed by atoms with E-state index in [2.05, 4.69) is 5.32 Å². The molecule has 2 rings (SSSR count). The highest BCUT2D eigenvalue weighted by Crippen LogP contribution is 2.23. The van der Waals surface area contributed by atoms with E-state index in [0.717, 1.165) is 16.7 Å². The monoisotopic (exact) mass is 405 g/mol. The highest BCUT2D eigenvalue weighted by atomic mass is 35.5. The number of halogens is 1. The first-order valence-corrected chi connectivity index (χ1v) is 9.18. The largest absolute Gasteiger partial charge is 0.479 e. The summed E-state index contributed by atoms with van der Waals surface area (Å²) in [6.45, 7) is 5.09. The minimum absolute atomic E-state index is 0.128. The molecule has 0 saturated heterocycles. The number of carbonyl (C=O) groups excluding carboxylic acids is 1. The Balaban J connectivity index is 2.14. The van der Waals surface area contributed by atoms with Gasteiger partial charge in [0.2, 0.25) is 0 Å². The van der Waals surface area contributed by atoms with Gasteiger partial charge in [0.05, 0.1) is 6.04 Å². The molecular weight excluding hydrogens is 382 g/mol. The van der Waals surface area contributed by atoms with Gasteiger partial charge in [0.25, 0.3) is 0 Å². The number of aliphatic hydroxyl groups excluding tert-OH is 1. The number of ether oxygens (including phenoxy) is 1. The number of rotatable bonds is 6. The van der Waals surface area contributed by atoms with Gasteiger partial charge < -0.3 is 20.3 Å². The lowest BCUT2D eigenvalue weighted by atomic mass is 9.98. The second kappa shape index (κ2) is 9.08. The smallest absolute Gasteiger partial charge is 0.407 e. The van der Waals surface area contributed by atoms with Crippen molar-refractivity contribution in [2.45, 2.75) is 44.9 Å². The molecule has 2 aromatic carbocycles. The molecule has 1 amide bonds. The second-order valence-corrected chi connectivity index (χ2v) is 7.88. The number of aliphatic carboxylic acids is 1. The average molecular weight is 406 g/mol. The van der Waals surface area contributed by atoms with Crippen LogP contribution in [0, 0.1) is 0 Å². The van der Waals surface area contributed by atoms with Crippen LogP contribution in [-0.2, 0) is 16.0 Å². The fourth-order valence-corrected chi connectivity index (χ4v) is 2.82. The third kappa shape index (κ3) is 6.55. The third-order valence-electron chi connectivity index (χ3n) is 3.90. The predicted molar refractivity (Wildman–Crippen MR) is 107 cm³/mol. The third-order valence-corrected chi connectivity index (χ3v) is 4.14. The van der Waals surface area contributed by atoms with Gasteiger partial charge in [0.15, 0.2) is 6.10 Å². The van der Waals surface area contributed by atoms with E-state index in [1.54, 1.807) is 26.8 Å². The zero-order chi connectivity index (χ0) is 20.9. The van der Waals surface area contributed by atoms with Gasteiger partial charge in [-0.05, 0) is 56.0 Å². The quantitative estimate of drug-likeness (QED) is 0.677. The Bertz CT molecular complexity index is 829. The van der Waals surface area contributed by atoms with E-state index < -0.39 is 29.8 Å². The number of carbonyl (C=O) groups is 2. The number of alkyl carbamates (subject to hydrolysis) is 1. The number of aliphatic hydroxyl groups is 1. The molecule has 0 spiro atoms. The average Bonchev–Trinajstić information content (AvgIpc) is 2.59. The lowest BCUT2D eigenvalue weighted by molar-refractivity contribution is -0.148. The number of carboxylic acid groups (broad SMARTS) is 1. The Kier molecular flexibility index (Phi) is 7.05. The molecule has 0 fully saturated rings. The van der Waals surface area contributed by atoms with Gasteiger partial charge >= 0.3 is 12.1 Å². The summed E-state index contributed by atoms with van der Waals surface area (Å²) in [6.07, 6.45) is -2.42. The molecule has 7 heteroatoms. The van der Waals surface area contributed by atoms with E-state index in [0.29, 0.717) is 5.02 Å². The molecule has 0 aliphatic carbocycles. The lowest BCUT2D eigenvalue weighted by Crippen LogP contribution is -2.49. The van der Waals surface area contributed by atoms with Crippen LogP contribution < -0.4 is 5.32 Å². The number of hydrogen-bond acceptors (Lipinski definition) is 4. The van der Waals surface area contributed by atoms with E-state index in [-0.39, 0.29) is 6.42 Å². The molecule has 0 saturated carbocycles. The van der Waals surface area contributed by atoms with Crippen molar-refractivity contribution in [2.75, 3.05) is 0 Å². The maximum absolute atomic E-state index is 12.0. The minimum atomic E-state index is -1.76. The van der Waals surface area contributed by atoms with Crippen LogP contribution in [0.4, 0.5) is 4.79 Å². The normalized spacial score (nSPS) is 13.5. The van der Waals surface area contributed by atoms with Crippen LogP contribution in [0.1, 0.15) is 26.3 Å². The van der Waals surface area contributed by atoms with Crippen LogP contribution in [0.25, 0.3) is 11.1 Å². The Morgan fingerprint density at radius 1 is 1.11 bits per heavy atom. The molecular formula is C21H24ClNO5. The Morgan fingerprint density at radius 3 is 2.29 bits per heavy atom. The molecule has 150 valence electrons. The maximum Gasteiger partial charge on any atom is 0.407 e. The van der Waals surface area contributed by atoms with E-state index >= 15 is 0 Å². The SMILES string of the molecule is CC(C)(C)OC(=O)NC(Cc1ccc(-c2cccc(Cl)c2)cc1)[C@@H](O)C(=O)O. The van der Waals surface area contributed by atoms with Crippen molar-refractivity contribution in [2.24, 2.45) is 0 Å². The molecule has 0 aliphatic heterocycles. The summed E-state index contributed by atoms with van der Waals surface area (Å²) < 4.78 is 5.16. The molecule has 0 bridgehead atoms. The first-order chi connectivity index (χ1) is 13.0. The molecule has 0 aromatic heterocycles. The molecule has 6 nitrogen and oxygen atoms in total. The zero-order valence-corrected chi connectivity index (χ0v) is 16.7. The van der Waals surface area contributed by atoms with E-state index in [1.807, 2.05) is 42.5 Å². The predicted octanol–water partition coefficient (Wildman–Crippen LogP) is 3.89. The van der Waals surface area contributed by atoms with Gasteiger partial charge in [-0.25, -0.2) is 9.59 Å². The molecule has 3 N–H and O–H groups in total. The standard InChI is InChI=1S/C21H24ClNO5/c1-21(2,3)28-20(27)23-17(18(24)19(25)26)11-13-7-9-14(10-8-13)15-5-4-6-16(22)12-15/h4-10,12,17-18,24H,11H2,1-3H3,(H,23,27)(H,25,26)/t17?,18-/m1/s1. The van der Waals surface area contributed by atoms with Gasteiger partial charge in [0.1, 0.15) is 5.60 Å². The highest BCUT2D eigenvalue weighted by Gasteiger charge is 2.29. The molecule has 2 atom stereocenters. The first-order valence-electron chi connectivity index (χ1n) is 8.80. The van der Waals surface area contributed by atoms with Crippen molar-refractivity contribution in [1.29, 1.82) is 0 Å². The summed E-state index contributed by atoms with van der Waals surface area (Å²) in [5, 5.41) is 22.2. The summed E-state index contributed by atoms with van der Waals surface area (Å²) in [4.78, 5) is 23.2. The molecule has 0 radical (unpaired) electrons. The minimum Gasteiger partial charge on any atom is -0.479 e. The summed E-state index contributed by atoms with van der Waals surface area (Å²) in [7, 11) is 0. The number of amides is 1. The fraction of sp³-hybridized carbons (Fsp3) is 0.333. The van der Waals surface area contributed by atoms with Gasteiger partial charge in [0, 0.05) is 5.02 Å². The Morgan fingerprint density at radius 2 is 1.75 bits per heavy atom. The maximum atomic E-state index is 12.0. The molecule has 2 aromatic rings. The van der Waals surface area contributed by atoms with Gasteiger partial charge in [-0.3, -0.25) is 0 Å². The van der Waals surface area contributed by atoms with Crippen molar-refractivity contribution < 1.29 is 24.5 Å². The van der Waals surface area contributed by atoms with Crippen LogP contribution >= 0.6 is 11.6 Å². The van der Waals surface area contributed by atoms with Crippen LogP contribution in [-0.4, -0.2) is 40.0 Å². The van der Waals surface area contributed by atoms with E-state index in [4.69, 9.17) is 21.4 Å². The summed E-state index contributed by atoms with van der Waals surface area (Å²) >= 11 is 6.02. The van der Waals surface area contributed by atoms with Crippen molar-refractivity contribution in [3.05, 3.63) is 59.1 Å². The van der Waals surface area contributed by atoms with E-state index in [9.17, 15) is 14.7 Å². The van der Waals surface area contributed by atoms with Crippen LogP contribution in [0.15, 0.2) is 48.5 Å².